The van der Waals surface area contributed by atoms with Crippen LogP contribution in [0.3, 0.4) is 0 Å². The van der Waals surface area contributed by atoms with Crippen LogP contribution >= 0.6 is 24.8 Å². The first-order chi connectivity index (χ1) is 9.12. The molecule has 0 saturated carbocycles. The van der Waals surface area contributed by atoms with Gasteiger partial charge in [-0.3, -0.25) is 0 Å². The number of halogens is 2. The normalized spacial score (nSPS) is 18.8. The minimum Gasteiger partial charge on any atom is -0.147 e. The predicted molar refractivity (Wildman–Crippen MR) is 105 cm³/mol. The average molecular weight is 438 g/mol. The Hall–Kier alpha value is 0.180. The molecule has 0 saturated heterocycles. The van der Waals surface area contributed by atoms with E-state index in [0.29, 0.717) is 5.92 Å². The molecule has 1 nitrogen and oxygen atoms in total. The van der Waals surface area contributed by atoms with Gasteiger partial charge in [0, 0.05) is 0 Å². The number of nitrogens with one attached hydrogen (secondary N) is 1. The zero-order chi connectivity index (χ0) is 15.2. The van der Waals surface area contributed by atoms with Crippen molar-refractivity contribution in [2.24, 2.45) is 5.92 Å². The van der Waals surface area contributed by atoms with Crippen LogP contribution in [0.15, 0.2) is 50.3 Å². The van der Waals surface area contributed by atoms with Crippen molar-refractivity contribution < 1.29 is 17.7 Å². The molecule has 1 aromatic carbocycles. The van der Waals surface area contributed by atoms with Gasteiger partial charge in [0.05, 0.1) is 0 Å². The second-order valence-corrected chi connectivity index (χ2v) is 34.9. The summed E-state index contributed by atoms with van der Waals surface area (Å²) >= 11 is -3.08. The molecule has 0 amide bonds. The molecular weight excluding hydrogens is 408 g/mol. The van der Waals surface area contributed by atoms with Crippen LogP contribution in [0.5, 0.6) is 0 Å². The fourth-order valence-electron chi connectivity index (χ4n) is 3.71. The first-order valence-corrected chi connectivity index (χ1v) is 20.7. The zero-order valence-corrected chi connectivity index (χ0v) is 20.0. The van der Waals surface area contributed by atoms with Crippen LogP contribution in [0.4, 0.5) is 5.69 Å². The van der Waals surface area contributed by atoms with Gasteiger partial charge >= 0.3 is 127 Å². The number of rotatable bonds is 3. The predicted octanol–water partition coefficient (Wildman–Crippen LogP) is 5.45. The van der Waals surface area contributed by atoms with Crippen molar-refractivity contribution >= 4 is 37.4 Å². The molecule has 0 spiro atoms. The third-order valence-electron chi connectivity index (χ3n) is 4.82. The van der Waals surface area contributed by atoms with Crippen LogP contribution in [0.2, 0.25) is 9.26 Å². The minimum atomic E-state index is -3.08. The summed E-state index contributed by atoms with van der Waals surface area (Å²) in [7, 11) is 0. The number of hydrogen-bond acceptors (Lipinski definition) is 1. The van der Waals surface area contributed by atoms with Crippen molar-refractivity contribution in [1.82, 2.24) is 0 Å². The van der Waals surface area contributed by atoms with Crippen molar-refractivity contribution in [2.75, 3.05) is 3.26 Å². The Morgan fingerprint density at radius 1 is 0.955 bits per heavy atom. The van der Waals surface area contributed by atoms with Crippen LogP contribution in [-0.2, 0) is 17.7 Å². The molecule has 0 aliphatic heterocycles. The molecule has 1 aromatic rings. The smallest absolute Gasteiger partial charge is 0.147 e. The second kappa shape index (κ2) is 7.38. The molecule has 0 bridgehead atoms. The molecule has 0 fully saturated rings. The third-order valence-corrected chi connectivity index (χ3v) is 17.0. The van der Waals surface area contributed by atoms with E-state index >= 15 is 0 Å². The Morgan fingerprint density at radius 3 is 1.86 bits per heavy atom. The fraction of sp³-hybridized carbons (Fsp3) is 0.412. The number of para-hydroxylation sites is 1. The van der Waals surface area contributed by atoms with Gasteiger partial charge in [0.15, 0.2) is 0 Å². The van der Waals surface area contributed by atoms with Crippen molar-refractivity contribution in [3.8, 4) is 0 Å². The van der Waals surface area contributed by atoms with Crippen LogP contribution in [0.25, 0.3) is 0 Å². The summed E-state index contributed by atoms with van der Waals surface area (Å²) < 4.78 is 10.7. The number of allylic oxidation sites excluding steroid dienone is 4. The van der Waals surface area contributed by atoms with Gasteiger partial charge in [-0.25, -0.2) is 0 Å². The number of hydrogen-bond donors (Lipinski definition) is 1. The summed E-state index contributed by atoms with van der Waals surface area (Å²) in [5, 5.41) is 0. The van der Waals surface area contributed by atoms with E-state index in [4.69, 9.17) is 0 Å². The summed E-state index contributed by atoms with van der Waals surface area (Å²) in [6.45, 7) is 11.5. The van der Waals surface area contributed by atoms with E-state index in [1.807, 2.05) is 0 Å². The van der Waals surface area contributed by atoms with E-state index in [1.54, 1.807) is 14.4 Å². The van der Waals surface area contributed by atoms with Crippen molar-refractivity contribution in [3.05, 3.63) is 50.3 Å². The topological polar surface area (TPSA) is 12.0 Å². The van der Waals surface area contributed by atoms with Gasteiger partial charge in [0.1, 0.15) is 0 Å². The molecule has 5 heteroatoms. The molecule has 22 heavy (non-hydrogen) atoms. The first-order valence-electron chi connectivity index (χ1n) is 7.42. The first kappa shape index (κ1) is 22.2. The summed E-state index contributed by atoms with van der Waals surface area (Å²) in [5.41, 5.74) is 5.89. The molecule has 0 aromatic heterocycles. The fourth-order valence-corrected chi connectivity index (χ4v) is 18.7. The van der Waals surface area contributed by atoms with Crippen molar-refractivity contribution in [1.29, 1.82) is 0 Å². The molecule has 1 atom stereocenters. The minimum absolute atomic E-state index is 0. The third kappa shape index (κ3) is 4.17. The Labute approximate surface area is 150 Å². The van der Waals surface area contributed by atoms with Gasteiger partial charge in [0.2, 0.25) is 0 Å². The average Bonchev–Trinajstić information content (AvgIpc) is 2.54. The standard InChI is InChI=1S/C9H13.C6H6N.2CH3.2ClH.H2Si.Zr/c1-6-5-7(2)9(4)8(6)3;7-6-4-2-1-3-5-6;;;;;;/h6H,1-4H3;1-5,7H;2*1H3;2*1H;1H2;/q;-1;;;;;;+1. The number of benzene rings is 1. The molecular formula is C17H29Cl2NSiZr. The Bertz CT molecular complexity index is 671. The second-order valence-electron chi connectivity index (χ2n) is 7.25. The van der Waals surface area contributed by atoms with Crippen molar-refractivity contribution in [2.45, 2.75) is 37.0 Å². The van der Waals surface area contributed by atoms with E-state index in [1.165, 1.54) is 11.3 Å². The van der Waals surface area contributed by atoms with Crippen LogP contribution in [-0.4, -0.2) is 6.88 Å². The maximum atomic E-state index is 3.98. The molecule has 1 aliphatic rings. The summed E-state index contributed by atoms with van der Waals surface area (Å²) in [5.74, 6) is 0.601. The van der Waals surface area contributed by atoms with Gasteiger partial charge < -0.3 is 0 Å². The van der Waals surface area contributed by atoms with Crippen LogP contribution in [0, 0.1) is 5.92 Å². The zero-order valence-electron chi connectivity index (χ0n) is 14.5. The maximum Gasteiger partial charge on any atom is -0.147 e. The molecule has 1 unspecified atom stereocenters. The SMILES string of the molecule is CC1=C(C)C(C)[C]([Zr]([CH3])([CH3])(=[SiH2])[NH]c2ccccc2)=C1C.Cl.Cl. The van der Waals surface area contributed by atoms with Gasteiger partial charge in [0.25, 0.3) is 0 Å². The van der Waals surface area contributed by atoms with Gasteiger partial charge in [-0.15, -0.1) is 24.8 Å². The molecule has 124 valence electrons. The quantitative estimate of drug-likeness (QED) is 0.620. The largest absolute Gasteiger partial charge is 0.147 e. The Morgan fingerprint density at radius 2 is 1.45 bits per heavy atom. The summed E-state index contributed by atoms with van der Waals surface area (Å²) in [6.07, 6.45) is 0. The molecule has 1 N–H and O–H groups in total. The number of anilines is 1. The summed E-state index contributed by atoms with van der Waals surface area (Å²) in [4.78, 5) is 0. The van der Waals surface area contributed by atoms with Crippen LogP contribution < -0.4 is 3.26 Å². The monoisotopic (exact) mass is 435 g/mol. The van der Waals surface area contributed by atoms with E-state index in [0.717, 1.165) is 0 Å². The van der Waals surface area contributed by atoms with E-state index < -0.39 is 17.7 Å². The van der Waals surface area contributed by atoms with E-state index in [-0.39, 0.29) is 24.8 Å². The molecule has 0 radical (unpaired) electrons. The Balaban J connectivity index is 0.00000220. The Kier molecular flexibility index (Phi) is 7.44. The van der Waals surface area contributed by atoms with Crippen molar-refractivity contribution in [3.63, 3.8) is 0 Å². The molecule has 1 aliphatic carbocycles. The molecule has 0 heterocycles. The van der Waals surface area contributed by atoms with Gasteiger partial charge in [-0.05, 0) is 0 Å². The van der Waals surface area contributed by atoms with Gasteiger partial charge in [-0.2, -0.15) is 0 Å². The van der Waals surface area contributed by atoms with Crippen LogP contribution in [0.1, 0.15) is 27.7 Å². The van der Waals surface area contributed by atoms with E-state index in [9.17, 15) is 0 Å². The summed E-state index contributed by atoms with van der Waals surface area (Å²) in [6, 6.07) is 10.7. The van der Waals surface area contributed by atoms with Gasteiger partial charge in [-0.1, -0.05) is 0 Å². The maximum absolute atomic E-state index is 3.98. The van der Waals surface area contributed by atoms with E-state index in [2.05, 4.69) is 77.4 Å². The molecule has 2 rings (SSSR count).